The van der Waals surface area contributed by atoms with Crippen LogP contribution in [0, 0.1) is 0 Å². The Morgan fingerprint density at radius 2 is 2.36 bits per heavy atom. The molecule has 0 bridgehead atoms. The number of methoxy groups -OCH3 is 1. The summed E-state index contributed by atoms with van der Waals surface area (Å²) in [6.45, 7) is 2.10. The van der Waals surface area contributed by atoms with Crippen molar-refractivity contribution in [3.63, 3.8) is 0 Å². The maximum Gasteiger partial charge on any atom is 0.307 e. The fourth-order valence-electron chi connectivity index (χ4n) is 1.15. The normalized spacial score (nSPS) is 12.5. The summed E-state index contributed by atoms with van der Waals surface area (Å²) in [6, 6.07) is 3.81. The average Bonchev–Trinajstić information content (AvgIpc) is 2.65. The summed E-state index contributed by atoms with van der Waals surface area (Å²) in [5.74, 6) is -0.260. The topological polar surface area (TPSA) is 52.3 Å². The first kappa shape index (κ1) is 11.2. The molecule has 1 aromatic rings. The van der Waals surface area contributed by atoms with Crippen LogP contribution in [0.3, 0.4) is 0 Å². The zero-order chi connectivity index (χ0) is 10.6. The van der Waals surface area contributed by atoms with Gasteiger partial charge in [0.25, 0.3) is 0 Å². The lowest BCUT2D eigenvalue weighted by molar-refractivity contribution is -0.141. The number of aryl methyl sites for hydroxylation is 1. The molecule has 0 fully saturated rings. The van der Waals surface area contributed by atoms with Crippen LogP contribution in [0.15, 0.2) is 12.1 Å². The van der Waals surface area contributed by atoms with Crippen molar-refractivity contribution >= 4 is 17.3 Å². The number of hydrogen-bond donors (Lipinski definition) is 1. The zero-order valence-corrected chi connectivity index (χ0v) is 9.26. The molecule has 14 heavy (non-hydrogen) atoms. The van der Waals surface area contributed by atoms with E-state index in [4.69, 9.17) is 5.73 Å². The molecule has 0 saturated heterocycles. The van der Waals surface area contributed by atoms with E-state index in [0.29, 0.717) is 0 Å². The van der Waals surface area contributed by atoms with Crippen molar-refractivity contribution < 1.29 is 9.53 Å². The zero-order valence-electron chi connectivity index (χ0n) is 8.45. The third-order valence-electron chi connectivity index (χ3n) is 2.01. The molecule has 0 aliphatic heterocycles. The van der Waals surface area contributed by atoms with Gasteiger partial charge in [0.15, 0.2) is 0 Å². The number of thiophene rings is 1. The maximum atomic E-state index is 11.0. The van der Waals surface area contributed by atoms with Crippen LogP contribution in [0.4, 0.5) is 0 Å². The van der Waals surface area contributed by atoms with Gasteiger partial charge < -0.3 is 10.5 Å². The molecule has 3 nitrogen and oxygen atoms in total. The molecule has 0 saturated carbocycles. The average molecular weight is 213 g/mol. The number of carbonyl (C=O) groups is 1. The van der Waals surface area contributed by atoms with Crippen LogP contribution in [0.5, 0.6) is 0 Å². The van der Waals surface area contributed by atoms with Gasteiger partial charge in [0.05, 0.1) is 13.5 Å². The van der Waals surface area contributed by atoms with Crippen molar-refractivity contribution in [2.45, 2.75) is 25.8 Å². The van der Waals surface area contributed by atoms with Crippen molar-refractivity contribution in [2.75, 3.05) is 7.11 Å². The first-order valence-electron chi connectivity index (χ1n) is 4.58. The lowest BCUT2D eigenvalue weighted by Gasteiger charge is -2.06. The summed E-state index contributed by atoms with van der Waals surface area (Å²) in [6.07, 6.45) is 1.26. The van der Waals surface area contributed by atoms with Crippen LogP contribution in [-0.2, 0) is 16.0 Å². The lowest BCUT2D eigenvalue weighted by Crippen LogP contribution is -2.15. The van der Waals surface area contributed by atoms with Gasteiger partial charge in [-0.2, -0.15) is 0 Å². The van der Waals surface area contributed by atoms with Crippen LogP contribution in [0.2, 0.25) is 0 Å². The van der Waals surface area contributed by atoms with Crippen molar-refractivity contribution in [1.82, 2.24) is 0 Å². The summed E-state index contributed by atoms with van der Waals surface area (Å²) in [4.78, 5) is 13.3. The molecular weight excluding hydrogens is 198 g/mol. The van der Waals surface area contributed by atoms with Gasteiger partial charge in [0, 0.05) is 15.8 Å². The summed E-state index contributed by atoms with van der Waals surface area (Å²) in [7, 11) is 1.38. The van der Waals surface area contributed by atoms with E-state index in [1.165, 1.54) is 12.0 Å². The number of nitrogens with two attached hydrogens (primary N) is 1. The predicted molar refractivity (Wildman–Crippen MR) is 57.3 cm³/mol. The fraction of sp³-hybridized carbons (Fsp3) is 0.500. The van der Waals surface area contributed by atoms with Crippen LogP contribution in [-0.4, -0.2) is 13.1 Å². The van der Waals surface area contributed by atoms with E-state index in [2.05, 4.69) is 17.7 Å². The van der Waals surface area contributed by atoms with Gasteiger partial charge in [-0.1, -0.05) is 6.92 Å². The minimum absolute atomic E-state index is 0.229. The second kappa shape index (κ2) is 5.12. The van der Waals surface area contributed by atoms with E-state index < -0.39 is 0 Å². The second-order valence-corrected chi connectivity index (χ2v) is 4.24. The van der Waals surface area contributed by atoms with Gasteiger partial charge in [-0.15, -0.1) is 11.3 Å². The van der Waals surface area contributed by atoms with E-state index in [1.54, 1.807) is 11.3 Å². The van der Waals surface area contributed by atoms with Crippen molar-refractivity contribution in [3.8, 4) is 0 Å². The molecule has 1 aromatic heterocycles. The fourth-order valence-corrected chi connectivity index (χ4v) is 2.10. The number of hydrogen-bond acceptors (Lipinski definition) is 4. The van der Waals surface area contributed by atoms with Crippen molar-refractivity contribution in [1.29, 1.82) is 0 Å². The quantitative estimate of drug-likeness (QED) is 0.777. The Bertz CT molecular complexity index is 309. The maximum absolute atomic E-state index is 11.0. The van der Waals surface area contributed by atoms with Crippen LogP contribution in [0.25, 0.3) is 0 Å². The molecule has 0 radical (unpaired) electrons. The van der Waals surface area contributed by atoms with E-state index in [0.717, 1.165) is 11.3 Å². The van der Waals surface area contributed by atoms with Crippen LogP contribution in [0.1, 0.15) is 29.1 Å². The Balaban J connectivity index is 2.60. The van der Waals surface area contributed by atoms with Gasteiger partial charge in [-0.3, -0.25) is 4.79 Å². The summed E-state index contributed by atoms with van der Waals surface area (Å²) >= 11 is 1.66. The van der Waals surface area contributed by atoms with Gasteiger partial charge in [-0.25, -0.2) is 0 Å². The first-order chi connectivity index (χ1) is 6.67. The molecule has 1 heterocycles. The molecule has 4 heteroatoms. The SMILES string of the molecule is CCc1ccc([C@H](N)CC(=O)OC)s1. The third kappa shape index (κ3) is 2.82. The van der Waals surface area contributed by atoms with E-state index in [1.807, 2.05) is 6.07 Å². The molecule has 0 aliphatic carbocycles. The van der Waals surface area contributed by atoms with E-state index in [-0.39, 0.29) is 18.4 Å². The van der Waals surface area contributed by atoms with Gasteiger partial charge in [0.2, 0.25) is 0 Å². The van der Waals surface area contributed by atoms with Gasteiger partial charge in [0.1, 0.15) is 0 Å². The monoisotopic (exact) mass is 213 g/mol. The van der Waals surface area contributed by atoms with Crippen molar-refractivity contribution in [3.05, 3.63) is 21.9 Å². The Hall–Kier alpha value is -0.870. The number of ether oxygens (including phenoxy) is 1. The molecule has 0 spiro atoms. The third-order valence-corrected chi connectivity index (χ3v) is 3.37. The van der Waals surface area contributed by atoms with E-state index in [9.17, 15) is 4.79 Å². The molecule has 1 rings (SSSR count). The minimum Gasteiger partial charge on any atom is -0.469 e. The highest BCUT2D eigenvalue weighted by molar-refractivity contribution is 7.12. The van der Waals surface area contributed by atoms with Crippen LogP contribution >= 0.6 is 11.3 Å². The Morgan fingerprint density at radius 3 is 2.86 bits per heavy atom. The molecule has 2 N–H and O–H groups in total. The Labute approximate surface area is 87.9 Å². The molecule has 1 atom stereocenters. The van der Waals surface area contributed by atoms with Crippen LogP contribution < -0.4 is 5.73 Å². The number of rotatable bonds is 4. The predicted octanol–water partition coefficient (Wildman–Crippen LogP) is 1.87. The summed E-state index contributed by atoms with van der Waals surface area (Å²) in [5.41, 5.74) is 5.85. The minimum atomic E-state index is -0.260. The highest BCUT2D eigenvalue weighted by Crippen LogP contribution is 2.24. The molecule has 78 valence electrons. The summed E-state index contributed by atoms with van der Waals surface area (Å²) in [5, 5.41) is 0. The highest BCUT2D eigenvalue weighted by atomic mass is 32.1. The highest BCUT2D eigenvalue weighted by Gasteiger charge is 2.13. The Kier molecular flexibility index (Phi) is 4.10. The second-order valence-electron chi connectivity index (χ2n) is 3.04. The molecule has 0 aliphatic rings. The molecule has 0 aromatic carbocycles. The Morgan fingerprint density at radius 1 is 1.64 bits per heavy atom. The molecule has 0 amide bonds. The number of esters is 1. The first-order valence-corrected chi connectivity index (χ1v) is 5.40. The summed E-state index contributed by atoms with van der Waals surface area (Å²) < 4.78 is 4.56. The molecular formula is C10H15NO2S. The van der Waals surface area contributed by atoms with E-state index >= 15 is 0 Å². The lowest BCUT2D eigenvalue weighted by atomic mass is 10.2. The van der Waals surface area contributed by atoms with Crippen molar-refractivity contribution in [2.24, 2.45) is 5.73 Å². The van der Waals surface area contributed by atoms with Gasteiger partial charge >= 0.3 is 5.97 Å². The van der Waals surface area contributed by atoms with Gasteiger partial charge in [-0.05, 0) is 18.6 Å². The smallest absolute Gasteiger partial charge is 0.307 e. The largest absolute Gasteiger partial charge is 0.469 e. The molecule has 0 unspecified atom stereocenters. The number of carbonyl (C=O) groups excluding carboxylic acids is 1. The standard InChI is InChI=1S/C10H15NO2S/c1-3-7-4-5-9(14-7)8(11)6-10(12)13-2/h4-5,8H,3,6,11H2,1-2H3/t8-/m1/s1.